The minimum Gasteiger partial charge on any atom is -0.439 e. The number of alkyl halides is 3. The number of hydrogen-bond acceptors (Lipinski definition) is 3. The molecule has 0 amide bonds. The summed E-state index contributed by atoms with van der Waals surface area (Å²) in [5, 5.41) is 6.41. The van der Waals surface area contributed by atoms with Crippen molar-refractivity contribution in [2.24, 2.45) is 0 Å². The molecule has 32 heavy (non-hydrogen) atoms. The van der Waals surface area contributed by atoms with Gasteiger partial charge < -0.3 is 15.4 Å². The summed E-state index contributed by atoms with van der Waals surface area (Å²) >= 11 is 10.8. The van der Waals surface area contributed by atoms with Crippen molar-refractivity contribution in [1.82, 2.24) is 4.98 Å². The molecule has 4 aromatic rings. The molecule has 1 aromatic heterocycles. The van der Waals surface area contributed by atoms with Gasteiger partial charge in [-0.15, -0.1) is 0 Å². The number of nitrogens with one attached hydrogen (secondary N) is 2. The van der Waals surface area contributed by atoms with Gasteiger partial charge in [-0.3, -0.25) is 0 Å². The van der Waals surface area contributed by atoms with Crippen molar-refractivity contribution in [3.05, 3.63) is 89.4 Å². The number of ether oxygens (including phenoxy) is 1. The predicted octanol–water partition coefficient (Wildman–Crippen LogP) is 7.51. The first-order valence-corrected chi connectivity index (χ1v) is 10.1. The summed E-state index contributed by atoms with van der Waals surface area (Å²) in [5.41, 5.74) is 0.694. The minimum absolute atomic E-state index is 0.130. The maximum atomic E-state index is 13.0. The first kappa shape index (κ1) is 21.9. The maximum Gasteiger partial charge on any atom is 0.417 e. The summed E-state index contributed by atoms with van der Waals surface area (Å²) in [6.45, 7) is 0. The Morgan fingerprint density at radius 1 is 0.875 bits per heavy atom. The highest BCUT2D eigenvalue weighted by Gasteiger charge is 2.33. The summed E-state index contributed by atoms with van der Waals surface area (Å²) in [7, 11) is 0. The number of pyridine rings is 1. The van der Waals surface area contributed by atoms with Gasteiger partial charge in [0.15, 0.2) is 5.11 Å². The Morgan fingerprint density at radius 3 is 2.31 bits per heavy atom. The molecule has 0 fully saturated rings. The van der Waals surface area contributed by atoms with Gasteiger partial charge in [0.05, 0.1) is 16.1 Å². The van der Waals surface area contributed by atoms with Gasteiger partial charge in [-0.25, -0.2) is 4.98 Å². The van der Waals surface area contributed by atoms with E-state index in [1.54, 1.807) is 30.3 Å². The summed E-state index contributed by atoms with van der Waals surface area (Å²) in [4.78, 5) is 4.46. The number of rotatable bonds is 4. The van der Waals surface area contributed by atoms with E-state index >= 15 is 0 Å². The third-order valence-electron chi connectivity index (χ3n) is 4.44. The lowest BCUT2D eigenvalue weighted by molar-refractivity contribution is -0.137. The van der Waals surface area contributed by atoms with Crippen LogP contribution in [-0.4, -0.2) is 10.1 Å². The Hall–Kier alpha value is -3.36. The highest BCUT2D eigenvalue weighted by Crippen LogP contribution is 2.36. The quantitative estimate of drug-likeness (QED) is 0.300. The first-order valence-electron chi connectivity index (χ1n) is 9.36. The van der Waals surface area contributed by atoms with E-state index < -0.39 is 11.7 Å². The number of fused-ring (bicyclic) bond motifs is 1. The van der Waals surface area contributed by atoms with Gasteiger partial charge in [-0.1, -0.05) is 29.8 Å². The molecule has 0 spiro atoms. The van der Waals surface area contributed by atoms with Gasteiger partial charge >= 0.3 is 6.18 Å². The van der Waals surface area contributed by atoms with Crippen LogP contribution in [0.4, 0.5) is 24.5 Å². The fourth-order valence-corrected chi connectivity index (χ4v) is 3.41. The first-order chi connectivity index (χ1) is 15.3. The van der Waals surface area contributed by atoms with E-state index in [0.717, 1.165) is 17.0 Å². The number of thiocarbonyl (C=S) groups is 1. The number of para-hydroxylation sites is 1. The van der Waals surface area contributed by atoms with Crippen LogP contribution in [0, 0.1) is 0 Å². The Morgan fingerprint density at radius 2 is 1.56 bits per heavy atom. The number of aromatic nitrogens is 1. The van der Waals surface area contributed by atoms with E-state index in [-0.39, 0.29) is 15.8 Å². The van der Waals surface area contributed by atoms with Crippen molar-refractivity contribution in [1.29, 1.82) is 0 Å². The van der Waals surface area contributed by atoms with Crippen molar-refractivity contribution >= 4 is 51.2 Å². The van der Waals surface area contributed by atoms with Gasteiger partial charge in [0.25, 0.3) is 0 Å². The summed E-state index contributed by atoms with van der Waals surface area (Å²) in [5.74, 6) is 1.04. The lowest BCUT2D eigenvalue weighted by Gasteiger charge is -2.14. The normalized spacial score (nSPS) is 11.2. The average molecular weight is 474 g/mol. The second kappa shape index (κ2) is 9.02. The second-order valence-corrected chi connectivity index (χ2v) is 7.56. The monoisotopic (exact) mass is 473 g/mol. The zero-order valence-electron chi connectivity index (χ0n) is 16.3. The molecule has 0 radical (unpaired) electrons. The smallest absolute Gasteiger partial charge is 0.417 e. The molecule has 0 unspecified atom stereocenters. The lowest BCUT2D eigenvalue weighted by Crippen LogP contribution is -2.19. The van der Waals surface area contributed by atoms with Crippen LogP contribution in [0.3, 0.4) is 0 Å². The SMILES string of the molecule is FC(F)(F)c1cc(NC(=S)Nc2ccc(Oc3ccc4ccccc4n3)cc2)ccc1Cl. The molecule has 4 nitrogen and oxygen atoms in total. The molecule has 0 atom stereocenters. The molecule has 0 aliphatic carbocycles. The van der Waals surface area contributed by atoms with Crippen LogP contribution in [-0.2, 0) is 6.18 Å². The molecule has 0 aliphatic heterocycles. The Balaban J connectivity index is 1.39. The fraction of sp³-hybridized carbons (Fsp3) is 0.0435. The molecule has 3 aromatic carbocycles. The third-order valence-corrected chi connectivity index (χ3v) is 4.97. The van der Waals surface area contributed by atoms with E-state index in [1.165, 1.54) is 12.1 Å². The Labute approximate surface area is 192 Å². The van der Waals surface area contributed by atoms with E-state index in [0.29, 0.717) is 17.3 Å². The molecule has 0 aliphatic rings. The standard InChI is InChI=1S/C23H15ClF3N3OS/c24-19-11-8-16(13-18(19)23(25,26)27)29-22(32)28-15-6-9-17(10-7-15)31-21-12-5-14-3-1-2-4-20(14)30-21/h1-13H,(H2,28,29,32). The number of nitrogens with zero attached hydrogens (tertiary/aromatic N) is 1. The molecule has 9 heteroatoms. The van der Waals surface area contributed by atoms with E-state index in [9.17, 15) is 13.2 Å². The highest BCUT2D eigenvalue weighted by molar-refractivity contribution is 7.80. The van der Waals surface area contributed by atoms with Crippen LogP contribution >= 0.6 is 23.8 Å². The fourth-order valence-electron chi connectivity index (χ4n) is 2.94. The van der Waals surface area contributed by atoms with Crippen LogP contribution in [0.2, 0.25) is 5.02 Å². The van der Waals surface area contributed by atoms with Crippen molar-refractivity contribution in [2.45, 2.75) is 6.18 Å². The van der Waals surface area contributed by atoms with Crippen LogP contribution in [0.1, 0.15) is 5.56 Å². The molecule has 4 rings (SSSR count). The van der Waals surface area contributed by atoms with E-state index in [2.05, 4.69) is 15.6 Å². The summed E-state index contributed by atoms with van der Waals surface area (Å²) in [6.07, 6.45) is -4.56. The topological polar surface area (TPSA) is 46.2 Å². The summed E-state index contributed by atoms with van der Waals surface area (Å²) in [6, 6.07) is 21.8. The van der Waals surface area contributed by atoms with Crippen LogP contribution < -0.4 is 15.4 Å². The lowest BCUT2D eigenvalue weighted by atomic mass is 10.2. The number of benzene rings is 3. The van der Waals surface area contributed by atoms with Gasteiger partial charge in [-0.05, 0) is 66.8 Å². The molecule has 1 heterocycles. The molecule has 0 saturated heterocycles. The van der Waals surface area contributed by atoms with Gasteiger partial charge in [0.1, 0.15) is 5.75 Å². The van der Waals surface area contributed by atoms with Gasteiger partial charge in [0.2, 0.25) is 5.88 Å². The molecule has 0 bridgehead atoms. The maximum absolute atomic E-state index is 13.0. The minimum atomic E-state index is -4.56. The number of hydrogen-bond donors (Lipinski definition) is 2. The third kappa shape index (κ3) is 5.27. The van der Waals surface area contributed by atoms with E-state index in [4.69, 9.17) is 28.6 Å². The Kier molecular flexibility index (Phi) is 6.16. The molecule has 0 saturated carbocycles. The average Bonchev–Trinajstić information content (AvgIpc) is 2.75. The number of halogens is 4. The zero-order valence-corrected chi connectivity index (χ0v) is 17.9. The van der Waals surface area contributed by atoms with Crippen LogP contribution in [0.15, 0.2) is 78.9 Å². The second-order valence-electron chi connectivity index (χ2n) is 6.74. The summed E-state index contributed by atoms with van der Waals surface area (Å²) < 4.78 is 44.8. The van der Waals surface area contributed by atoms with Crippen molar-refractivity contribution < 1.29 is 17.9 Å². The highest BCUT2D eigenvalue weighted by atomic mass is 35.5. The Bertz CT molecular complexity index is 1280. The van der Waals surface area contributed by atoms with Crippen LogP contribution in [0.25, 0.3) is 10.9 Å². The van der Waals surface area contributed by atoms with Crippen molar-refractivity contribution in [3.8, 4) is 11.6 Å². The molecule has 162 valence electrons. The van der Waals surface area contributed by atoms with Gasteiger partial charge in [-0.2, -0.15) is 13.2 Å². The van der Waals surface area contributed by atoms with Crippen molar-refractivity contribution in [3.63, 3.8) is 0 Å². The molecular weight excluding hydrogens is 459 g/mol. The predicted molar refractivity (Wildman–Crippen MR) is 125 cm³/mol. The van der Waals surface area contributed by atoms with Crippen molar-refractivity contribution in [2.75, 3.05) is 10.6 Å². The molecular formula is C23H15ClF3N3OS. The molecule has 2 N–H and O–H groups in total. The number of anilines is 2. The van der Waals surface area contributed by atoms with Crippen LogP contribution in [0.5, 0.6) is 11.6 Å². The van der Waals surface area contributed by atoms with E-state index in [1.807, 2.05) is 30.3 Å². The van der Waals surface area contributed by atoms with Gasteiger partial charge in [0, 0.05) is 22.8 Å². The zero-order chi connectivity index (χ0) is 22.7. The largest absolute Gasteiger partial charge is 0.439 e.